The molecule has 1 amide bonds. The Kier molecular flexibility index (Phi) is 4.84. The van der Waals surface area contributed by atoms with Crippen LogP contribution in [0.15, 0.2) is 0 Å². The van der Waals surface area contributed by atoms with Crippen LogP contribution in [0, 0.1) is 5.92 Å². The van der Waals surface area contributed by atoms with Crippen LogP contribution in [-0.4, -0.2) is 24.5 Å². The van der Waals surface area contributed by atoms with E-state index in [1.807, 2.05) is 0 Å². The first kappa shape index (κ1) is 12.9. The summed E-state index contributed by atoms with van der Waals surface area (Å²) in [6.07, 6.45) is 9.61. The van der Waals surface area contributed by atoms with Crippen molar-refractivity contribution in [2.45, 2.75) is 70.4 Å². The molecular weight excluding hydrogens is 212 g/mol. The first-order valence-electron chi connectivity index (χ1n) is 7.30. The second-order valence-corrected chi connectivity index (χ2v) is 5.69. The van der Waals surface area contributed by atoms with E-state index >= 15 is 0 Å². The van der Waals surface area contributed by atoms with Crippen molar-refractivity contribution >= 4 is 5.91 Å². The summed E-state index contributed by atoms with van der Waals surface area (Å²) in [5.41, 5.74) is 0. The van der Waals surface area contributed by atoms with Crippen molar-refractivity contribution < 1.29 is 4.79 Å². The molecule has 0 aromatic heterocycles. The van der Waals surface area contributed by atoms with Gasteiger partial charge >= 0.3 is 0 Å². The van der Waals surface area contributed by atoms with Crippen LogP contribution in [0.1, 0.15) is 58.3 Å². The average molecular weight is 238 g/mol. The molecule has 3 nitrogen and oxygen atoms in total. The van der Waals surface area contributed by atoms with Crippen molar-refractivity contribution in [2.24, 2.45) is 5.92 Å². The van der Waals surface area contributed by atoms with E-state index in [0.29, 0.717) is 18.5 Å². The molecule has 3 heteroatoms. The van der Waals surface area contributed by atoms with Gasteiger partial charge in [-0.25, -0.2) is 0 Å². The molecule has 2 rings (SSSR count). The summed E-state index contributed by atoms with van der Waals surface area (Å²) >= 11 is 0. The smallest absolute Gasteiger partial charge is 0.221 e. The van der Waals surface area contributed by atoms with Crippen LogP contribution in [0.3, 0.4) is 0 Å². The lowest BCUT2D eigenvalue weighted by molar-refractivity contribution is -0.121. The van der Waals surface area contributed by atoms with Gasteiger partial charge < -0.3 is 10.6 Å². The lowest BCUT2D eigenvalue weighted by Crippen LogP contribution is -2.41. The third-order valence-electron chi connectivity index (χ3n) is 4.38. The minimum atomic E-state index is 0.224. The van der Waals surface area contributed by atoms with Crippen LogP contribution >= 0.6 is 0 Å². The van der Waals surface area contributed by atoms with E-state index in [2.05, 4.69) is 17.6 Å². The monoisotopic (exact) mass is 238 g/mol. The van der Waals surface area contributed by atoms with Crippen molar-refractivity contribution in [3.05, 3.63) is 0 Å². The van der Waals surface area contributed by atoms with Crippen LogP contribution in [0.25, 0.3) is 0 Å². The highest BCUT2D eigenvalue weighted by molar-refractivity contribution is 5.76. The number of carbonyl (C=O) groups excluding carboxylic acids is 1. The molecule has 1 aliphatic heterocycles. The Morgan fingerprint density at radius 2 is 1.94 bits per heavy atom. The molecule has 0 spiro atoms. The van der Waals surface area contributed by atoms with Gasteiger partial charge in [0.25, 0.3) is 0 Å². The Bertz CT molecular complexity index is 247. The number of carbonyl (C=O) groups is 1. The zero-order chi connectivity index (χ0) is 12.1. The second kappa shape index (κ2) is 6.39. The van der Waals surface area contributed by atoms with Gasteiger partial charge in [-0.15, -0.1) is 0 Å². The minimum absolute atomic E-state index is 0.224. The van der Waals surface area contributed by atoms with Crippen molar-refractivity contribution in [1.82, 2.24) is 10.6 Å². The SMILES string of the molecule is CCC1CCC(NC2CCCNC(=O)C2)CC1. The lowest BCUT2D eigenvalue weighted by Gasteiger charge is -2.31. The third-order valence-corrected chi connectivity index (χ3v) is 4.38. The van der Waals surface area contributed by atoms with Gasteiger partial charge in [-0.05, 0) is 44.4 Å². The molecule has 0 bridgehead atoms. The van der Waals surface area contributed by atoms with Crippen molar-refractivity contribution in [1.29, 1.82) is 0 Å². The van der Waals surface area contributed by atoms with Crippen LogP contribution < -0.4 is 10.6 Å². The fourth-order valence-electron chi connectivity index (χ4n) is 3.19. The van der Waals surface area contributed by atoms with E-state index in [1.165, 1.54) is 32.1 Å². The summed E-state index contributed by atoms with van der Waals surface area (Å²) in [6.45, 7) is 3.16. The van der Waals surface area contributed by atoms with Gasteiger partial charge in [0.1, 0.15) is 0 Å². The Hall–Kier alpha value is -0.570. The van der Waals surface area contributed by atoms with Gasteiger partial charge in [0.2, 0.25) is 5.91 Å². The Morgan fingerprint density at radius 3 is 2.65 bits per heavy atom. The number of amides is 1. The average Bonchev–Trinajstić information content (AvgIpc) is 2.55. The number of nitrogens with one attached hydrogen (secondary N) is 2. The Labute approximate surface area is 105 Å². The standard InChI is InChI=1S/C14H26N2O/c1-2-11-5-7-12(8-6-11)16-13-4-3-9-15-14(17)10-13/h11-13,16H,2-10H2,1H3,(H,15,17). The van der Waals surface area contributed by atoms with Crippen molar-refractivity contribution in [2.75, 3.05) is 6.54 Å². The van der Waals surface area contributed by atoms with Crippen LogP contribution in [-0.2, 0) is 4.79 Å². The molecule has 98 valence electrons. The fourth-order valence-corrected chi connectivity index (χ4v) is 3.19. The highest BCUT2D eigenvalue weighted by Crippen LogP contribution is 2.27. The van der Waals surface area contributed by atoms with E-state index in [4.69, 9.17) is 0 Å². The Balaban J connectivity index is 1.74. The summed E-state index contributed by atoms with van der Waals surface area (Å²) in [5, 5.41) is 6.66. The lowest BCUT2D eigenvalue weighted by atomic mass is 9.84. The molecule has 1 aliphatic carbocycles. The zero-order valence-electron chi connectivity index (χ0n) is 11.0. The van der Waals surface area contributed by atoms with Gasteiger partial charge in [0, 0.05) is 25.0 Å². The highest BCUT2D eigenvalue weighted by Gasteiger charge is 2.24. The first-order valence-corrected chi connectivity index (χ1v) is 7.30. The first-order chi connectivity index (χ1) is 8.28. The molecule has 1 atom stereocenters. The van der Waals surface area contributed by atoms with Crippen molar-refractivity contribution in [3.63, 3.8) is 0 Å². The molecule has 17 heavy (non-hydrogen) atoms. The molecule has 2 N–H and O–H groups in total. The van der Waals surface area contributed by atoms with E-state index < -0.39 is 0 Å². The van der Waals surface area contributed by atoms with Gasteiger partial charge in [0.15, 0.2) is 0 Å². The third kappa shape index (κ3) is 3.98. The largest absolute Gasteiger partial charge is 0.356 e. The van der Waals surface area contributed by atoms with E-state index in [1.54, 1.807) is 0 Å². The maximum atomic E-state index is 11.5. The van der Waals surface area contributed by atoms with E-state index in [0.717, 1.165) is 25.3 Å². The van der Waals surface area contributed by atoms with Gasteiger partial charge in [-0.2, -0.15) is 0 Å². The van der Waals surface area contributed by atoms with Crippen LogP contribution in [0.4, 0.5) is 0 Å². The quantitative estimate of drug-likeness (QED) is 0.791. The number of hydrogen-bond donors (Lipinski definition) is 2. The topological polar surface area (TPSA) is 41.1 Å². The maximum Gasteiger partial charge on any atom is 0.221 e. The fraction of sp³-hybridized carbons (Fsp3) is 0.929. The summed E-state index contributed by atoms with van der Waals surface area (Å²) in [6, 6.07) is 1.08. The second-order valence-electron chi connectivity index (χ2n) is 5.69. The summed E-state index contributed by atoms with van der Waals surface area (Å²) in [5.74, 6) is 1.17. The normalized spacial score (nSPS) is 35.1. The van der Waals surface area contributed by atoms with E-state index in [-0.39, 0.29) is 5.91 Å². The molecule has 0 aromatic carbocycles. The molecule has 2 aliphatic rings. The zero-order valence-corrected chi connectivity index (χ0v) is 11.0. The Morgan fingerprint density at radius 1 is 1.18 bits per heavy atom. The molecule has 2 fully saturated rings. The number of rotatable bonds is 3. The van der Waals surface area contributed by atoms with Gasteiger partial charge in [0.05, 0.1) is 0 Å². The summed E-state index contributed by atoms with van der Waals surface area (Å²) in [7, 11) is 0. The van der Waals surface area contributed by atoms with Gasteiger partial charge in [-0.1, -0.05) is 13.3 Å². The van der Waals surface area contributed by atoms with Crippen LogP contribution in [0.5, 0.6) is 0 Å². The van der Waals surface area contributed by atoms with Crippen LogP contribution in [0.2, 0.25) is 0 Å². The van der Waals surface area contributed by atoms with Gasteiger partial charge in [-0.3, -0.25) is 4.79 Å². The molecule has 1 saturated heterocycles. The molecule has 1 unspecified atom stereocenters. The molecule has 1 heterocycles. The van der Waals surface area contributed by atoms with Crippen molar-refractivity contribution in [3.8, 4) is 0 Å². The predicted molar refractivity (Wildman–Crippen MR) is 69.8 cm³/mol. The molecule has 0 aromatic rings. The number of hydrogen-bond acceptors (Lipinski definition) is 2. The molecule has 0 radical (unpaired) electrons. The molecular formula is C14H26N2O. The predicted octanol–water partition coefficient (Wildman–Crippen LogP) is 2.21. The molecule has 1 saturated carbocycles. The summed E-state index contributed by atoms with van der Waals surface area (Å²) in [4.78, 5) is 11.5. The minimum Gasteiger partial charge on any atom is -0.356 e. The highest BCUT2D eigenvalue weighted by atomic mass is 16.1. The summed E-state index contributed by atoms with van der Waals surface area (Å²) < 4.78 is 0. The maximum absolute atomic E-state index is 11.5. The van der Waals surface area contributed by atoms with E-state index in [9.17, 15) is 4.79 Å².